The van der Waals surface area contributed by atoms with Gasteiger partial charge in [-0.1, -0.05) is 20.3 Å². The lowest BCUT2D eigenvalue weighted by atomic mass is 9.97. The lowest BCUT2D eigenvalue weighted by Gasteiger charge is -2.30. The Morgan fingerprint density at radius 3 is 2.57 bits per heavy atom. The molecule has 4 N–H and O–H groups in total. The second-order valence-electron chi connectivity index (χ2n) is 5.29. The van der Waals surface area contributed by atoms with E-state index >= 15 is 0 Å². The van der Waals surface area contributed by atoms with Crippen LogP contribution in [-0.4, -0.2) is 59.8 Å². The van der Waals surface area contributed by atoms with E-state index in [-0.39, 0.29) is 18.9 Å². The fourth-order valence-electron chi connectivity index (χ4n) is 2.43. The van der Waals surface area contributed by atoms with E-state index in [0.717, 1.165) is 0 Å². The zero-order chi connectivity index (χ0) is 16.2. The average molecular weight is 301 g/mol. The molecule has 4 atom stereocenters. The Morgan fingerprint density at radius 2 is 2.10 bits per heavy atom. The van der Waals surface area contributed by atoms with Crippen LogP contribution in [0.2, 0.25) is 0 Å². The van der Waals surface area contributed by atoms with E-state index in [1.807, 2.05) is 6.92 Å². The van der Waals surface area contributed by atoms with Crippen LogP contribution in [0.15, 0.2) is 0 Å². The molecule has 21 heavy (non-hydrogen) atoms. The number of ether oxygens (including phenoxy) is 1. The van der Waals surface area contributed by atoms with Crippen LogP contribution in [0.4, 0.5) is 4.79 Å². The number of nitrogens with two attached hydrogens (primary N) is 1. The molecule has 3 amide bonds. The van der Waals surface area contributed by atoms with Crippen LogP contribution in [-0.2, 0) is 14.3 Å². The highest BCUT2D eigenvalue weighted by molar-refractivity contribution is 5.91. The number of methoxy groups -OCH3 is 1. The summed E-state index contributed by atoms with van der Waals surface area (Å²) >= 11 is 0. The van der Waals surface area contributed by atoms with Gasteiger partial charge in [0.1, 0.15) is 12.1 Å². The summed E-state index contributed by atoms with van der Waals surface area (Å²) in [5, 5.41) is 12.1. The summed E-state index contributed by atoms with van der Waals surface area (Å²) in [4.78, 5) is 36.7. The van der Waals surface area contributed by atoms with E-state index in [1.165, 1.54) is 12.0 Å². The van der Waals surface area contributed by atoms with Gasteiger partial charge in [0.15, 0.2) is 0 Å². The van der Waals surface area contributed by atoms with E-state index in [1.54, 1.807) is 6.92 Å². The molecule has 1 aliphatic rings. The molecule has 1 heterocycles. The summed E-state index contributed by atoms with van der Waals surface area (Å²) < 4.78 is 4.65. The molecule has 1 rings (SSSR count). The van der Waals surface area contributed by atoms with Gasteiger partial charge in [-0.2, -0.15) is 0 Å². The molecule has 120 valence electrons. The Labute approximate surface area is 123 Å². The highest BCUT2D eigenvalue weighted by atomic mass is 16.5. The molecule has 0 spiro atoms. The number of nitrogens with one attached hydrogen (secondary N) is 1. The van der Waals surface area contributed by atoms with Crippen molar-refractivity contribution in [1.82, 2.24) is 10.2 Å². The molecule has 0 bridgehead atoms. The van der Waals surface area contributed by atoms with Crippen molar-refractivity contribution < 1.29 is 24.2 Å². The highest BCUT2D eigenvalue weighted by Gasteiger charge is 2.42. The summed E-state index contributed by atoms with van der Waals surface area (Å²) in [5.74, 6) is -1.17. The molecule has 4 unspecified atom stereocenters. The number of urea groups is 1. The third kappa shape index (κ3) is 4.07. The third-order valence-corrected chi connectivity index (χ3v) is 3.81. The van der Waals surface area contributed by atoms with Crippen molar-refractivity contribution in [3.05, 3.63) is 0 Å². The van der Waals surface area contributed by atoms with Crippen LogP contribution in [0.1, 0.15) is 26.7 Å². The van der Waals surface area contributed by atoms with Gasteiger partial charge in [0.2, 0.25) is 5.91 Å². The zero-order valence-corrected chi connectivity index (χ0v) is 12.5. The zero-order valence-electron chi connectivity index (χ0n) is 12.5. The molecule has 0 aromatic rings. The topological polar surface area (TPSA) is 122 Å². The number of hydrogen-bond donors (Lipinski definition) is 3. The normalized spacial score (nSPS) is 24.3. The second-order valence-corrected chi connectivity index (χ2v) is 5.29. The lowest BCUT2D eigenvalue weighted by molar-refractivity contribution is -0.152. The van der Waals surface area contributed by atoms with Gasteiger partial charge < -0.3 is 25.8 Å². The maximum Gasteiger partial charge on any atom is 0.328 e. The largest absolute Gasteiger partial charge is 0.467 e. The predicted octanol–water partition coefficient (Wildman–Crippen LogP) is -0.796. The Hall–Kier alpha value is -1.83. The molecule has 8 nitrogen and oxygen atoms in total. The van der Waals surface area contributed by atoms with Crippen molar-refractivity contribution >= 4 is 17.9 Å². The molecule has 1 fully saturated rings. The Morgan fingerprint density at radius 1 is 1.48 bits per heavy atom. The van der Waals surface area contributed by atoms with E-state index in [0.29, 0.717) is 6.42 Å². The van der Waals surface area contributed by atoms with Crippen molar-refractivity contribution in [3.8, 4) is 0 Å². The molecule has 8 heteroatoms. The van der Waals surface area contributed by atoms with Crippen molar-refractivity contribution in [3.63, 3.8) is 0 Å². The standard InChI is InChI=1S/C13H23N3O5/c1-4-7(2)10(15-13(14)20)11(18)16-6-8(17)5-9(16)12(19)21-3/h7-10,17H,4-6H2,1-3H3,(H3,14,15,20). The van der Waals surface area contributed by atoms with Gasteiger partial charge in [-0.25, -0.2) is 9.59 Å². The van der Waals surface area contributed by atoms with Crippen LogP contribution in [0.25, 0.3) is 0 Å². The maximum atomic E-state index is 12.6. The number of amides is 3. The fourth-order valence-corrected chi connectivity index (χ4v) is 2.43. The number of nitrogens with zero attached hydrogens (tertiary/aromatic N) is 1. The Kier molecular flexibility index (Phi) is 5.95. The van der Waals surface area contributed by atoms with Gasteiger partial charge in [-0.15, -0.1) is 0 Å². The van der Waals surface area contributed by atoms with Crippen LogP contribution in [0.5, 0.6) is 0 Å². The summed E-state index contributed by atoms with van der Waals surface area (Å²) in [6, 6.07) is -2.47. The van der Waals surface area contributed by atoms with Gasteiger partial charge in [0.05, 0.1) is 13.2 Å². The summed E-state index contributed by atoms with van der Waals surface area (Å²) in [7, 11) is 1.23. The first-order valence-electron chi connectivity index (χ1n) is 6.94. The van der Waals surface area contributed by atoms with E-state index in [9.17, 15) is 19.5 Å². The van der Waals surface area contributed by atoms with Crippen LogP contribution in [0, 0.1) is 5.92 Å². The molecule has 0 aromatic carbocycles. The number of aliphatic hydroxyl groups excluding tert-OH is 1. The number of hydrogen-bond acceptors (Lipinski definition) is 5. The number of aliphatic hydroxyl groups is 1. The third-order valence-electron chi connectivity index (χ3n) is 3.81. The number of likely N-dealkylation sites (tertiary alicyclic amines) is 1. The van der Waals surface area contributed by atoms with Crippen molar-refractivity contribution in [2.45, 2.75) is 44.9 Å². The minimum Gasteiger partial charge on any atom is -0.467 e. The molecule has 0 saturated carbocycles. The first-order chi connectivity index (χ1) is 9.81. The second kappa shape index (κ2) is 7.26. The van der Waals surface area contributed by atoms with E-state index in [4.69, 9.17) is 5.73 Å². The van der Waals surface area contributed by atoms with E-state index in [2.05, 4.69) is 10.1 Å². The van der Waals surface area contributed by atoms with Crippen LogP contribution < -0.4 is 11.1 Å². The number of primary amides is 1. The Bertz CT molecular complexity index is 415. The molecule has 1 aliphatic heterocycles. The van der Waals surface area contributed by atoms with Gasteiger partial charge >= 0.3 is 12.0 Å². The number of β-amino-alcohol motifs (C(OH)–C–C–N with tert-alkyl or cyclic N) is 1. The first kappa shape index (κ1) is 17.2. The van der Waals surface area contributed by atoms with Crippen molar-refractivity contribution in [2.75, 3.05) is 13.7 Å². The molecule has 0 aliphatic carbocycles. The smallest absolute Gasteiger partial charge is 0.328 e. The average Bonchev–Trinajstić information content (AvgIpc) is 2.84. The highest BCUT2D eigenvalue weighted by Crippen LogP contribution is 2.22. The number of rotatable bonds is 5. The summed E-state index contributed by atoms with van der Waals surface area (Å²) in [5.41, 5.74) is 5.11. The molecular weight excluding hydrogens is 278 g/mol. The maximum absolute atomic E-state index is 12.6. The minimum atomic E-state index is -0.835. The van der Waals surface area contributed by atoms with Crippen LogP contribution >= 0.6 is 0 Å². The molecular formula is C13H23N3O5. The fraction of sp³-hybridized carbons (Fsp3) is 0.769. The minimum absolute atomic E-state index is 0.0337. The monoisotopic (exact) mass is 301 g/mol. The van der Waals surface area contributed by atoms with Gasteiger partial charge in [0, 0.05) is 13.0 Å². The van der Waals surface area contributed by atoms with Crippen molar-refractivity contribution in [1.29, 1.82) is 0 Å². The van der Waals surface area contributed by atoms with Gasteiger partial charge in [-0.05, 0) is 5.92 Å². The summed E-state index contributed by atoms with van der Waals surface area (Å²) in [6.07, 6.45) is -0.0118. The number of carbonyl (C=O) groups excluding carboxylic acids is 3. The van der Waals surface area contributed by atoms with Crippen LogP contribution in [0.3, 0.4) is 0 Å². The van der Waals surface area contributed by atoms with Gasteiger partial charge in [0.25, 0.3) is 0 Å². The first-order valence-corrected chi connectivity index (χ1v) is 6.94. The predicted molar refractivity (Wildman–Crippen MR) is 74.1 cm³/mol. The number of carbonyl (C=O) groups is 3. The van der Waals surface area contributed by atoms with Gasteiger partial charge in [-0.3, -0.25) is 4.79 Å². The Balaban J connectivity index is 2.95. The number of esters is 1. The lowest BCUT2D eigenvalue weighted by Crippen LogP contribution is -2.55. The van der Waals surface area contributed by atoms with Crippen molar-refractivity contribution in [2.24, 2.45) is 11.7 Å². The molecule has 0 radical (unpaired) electrons. The van der Waals surface area contributed by atoms with E-state index < -0.39 is 36.1 Å². The summed E-state index contributed by atoms with van der Waals surface area (Å²) in [6.45, 7) is 3.72. The SMILES string of the molecule is CCC(C)C(NC(N)=O)C(=O)N1CC(O)CC1C(=O)OC. The molecule has 0 aromatic heterocycles. The molecule has 1 saturated heterocycles. The quantitative estimate of drug-likeness (QED) is 0.574.